The lowest BCUT2D eigenvalue weighted by molar-refractivity contribution is -0.147. The van der Waals surface area contributed by atoms with Gasteiger partial charge in [-0.2, -0.15) is 10.2 Å². The highest BCUT2D eigenvalue weighted by molar-refractivity contribution is 6.31. The molecule has 0 bridgehead atoms. The fraction of sp³-hybridized carbons (Fsp3) is 0.403. The monoisotopic (exact) mass is 1510 g/mol. The predicted octanol–water partition coefficient (Wildman–Crippen LogP) is 15.2. The molecule has 19 nitrogen and oxygen atoms in total. The quantitative estimate of drug-likeness (QED) is 0.0329. The van der Waals surface area contributed by atoms with Gasteiger partial charge >= 0.3 is 11.9 Å². The first-order valence-electron chi connectivity index (χ1n) is 34.4. The van der Waals surface area contributed by atoms with Crippen molar-refractivity contribution in [2.75, 3.05) is 0 Å². The van der Waals surface area contributed by atoms with Crippen molar-refractivity contribution in [3.8, 4) is 0 Å². The molecule has 4 aliphatic rings. The molecule has 4 fully saturated rings. The predicted molar refractivity (Wildman–Crippen MR) is 393 cm³/mol. The Bertz CT molecular complexity index is 4310. The minimum absolute atomic E-state index is 0.0191. The molecule has 4 saturated carbocycles. The fourth-order valence-corrected chi connectivity index (χ4v) is 14.2. The number of nitrogens with one attached hydrogen (secondary N) is 1. The van der Waals surface area contributed by atoms with Crippen LogP contribution in [0.15, 0.2) is 121 Å². The van der Waals surface area contributed by atoms with Crippen LogP contribution in [-0.4, -0.2) is 87.9 Å². The third kappa shape index (κ3) is 21.8. The van der Waals surface area contributed by atoms with Gasteiger partial charge in [-0.25, -0.2) is 17.6 Å². The number of para-hydroxylation sites is 2. The Hall–Kier alpha value is -8.58. The van der Waals surface area contributed by atoms with Gasteiger partial charge in [0.1, 0.15) is 42.1 Å². The van der Waals surface area contributed by atoms with Crippen molar-refractivity contribution < 1.29 is 66.1 Å². The first-order valence-corrected chi connectivity index (χ1v) is 35.9. The molecule has 8 aromatic rings. The number of ketones is 3. The number of amides is 3. The van der Waals surface area contributed by atoms with Crippen molar-refractivity contribution in [1.82, 2.24) is 24.9 Å². The van der Waals surface area contributed by atoms with E-state index in [2.05, 4.69) is 15.5 Å². The maximum atomic E-state index is 14.2. The van der Waals surface area contributed by atoms with Crippen LogP contribution < -0.4 is 28.3 Å². The maximum absolute atomic E-state index is 14.2. The third-order valence-electron chi connectivity index (χ3n) is 19.6. The molecule has 27 heteroatoms. The molecule has 3 amide bonds. The number of primary amides is 2. The lowest BCUT2D eigenvalue weighted by Gasteiger charge is -2.29. The van der Waals surface area contributed by atoms with Gasteiger partial charge in [-0.05, 0) is 131 Å². The van der Waals surface area contributed by atoms with Gasteiger partial charge < -0.3 is 38.5 Å². The number of Topliss-reactive ketones (excluding diaryl/α,β-unsaturated/α-hetero) is 3. The molecule has 0 radical (unpaired) electrons. The number of benzene rings is 6. The topological polar surface area (TPSA) is 329 Å². The standard InChI is InChI=1S/C24H24ClFN4O3.C15H18ClFO.C14H17ClFNO.C10H9N3O3.C7H7ClFN.C7H12O2/c25-17-8-5-6-15(21(17)26)10-11-19(31)24(12-3-4-13-24)28-20(32)14-30-18-9-2-1-7-16(18)22(29-30)23(27)33;1-15(9-2-3-10-15)13(18)8-7-11-5-4-6-12(16)14(11)17;15-11-5-3-4-10(13(11)16)6-7-12(18)14(17)8-1-2-9-14;11-10(16)9-6-3-1-2-4-7(6)13(12-9)5-8(14)15;8-6-3-1-2-5(4-10)7(6)9;1-7(6(8)9)4-2-3-5-7/h1-2,5-9H,3-4,10-14H2,(H2,27,33)(H,28,32);4-6H,2-3,7-10H2,1H3;3-5H,1-2,6-9,17H2;1-4H,5H2,(H2,11,16)(H,14,15);1-3H,4,10H2;2-5H2,1H3,(H,8,9). The molecule has 11 N–H and O–H groups in total. The molecule has 0 unspecified atom stereocenters. The highest BCUT2D eigenvalue weighted by Gasteiger charge is 2.42. The zero-order valence-corrected chi connectivity index (χ0v) is 61.0. The summed E-state index contributed by atoms with van der Waals surface area (Å²) in [4.78, 5) is 94.4. The molecule has 0 atom stereocenters. The summed E-state index contributed by atoms with van der Waals surface area (Å²) in [5, 5.41) is 29.9. The van der Waals surface area contributed by atoms with Crippen LogP contribution in [0.4, 0.5) is 17.6 Å². The second kappa shape index (κ2) is 37.9. The van der Waals surface area contributed by atoms with E-state index in [-0.39, 0.29) is 110 Å². The number of aliphatic carboxylic acids is 2. The zero-order chi connectivity index (χ0) is 76.1. The molecule has 0 saturated heterocycles. The average Bonchev–Trinajstić information content (AvgIpc) is 1.66. The molecule has 6 aromatic carbocycles. The number of hydrogen-bond donors (Lipinski definition) is 7. The lowest BCUT2D eigenvalue weighted by Crippen LogP contribution is -2.53. The Kier molecular flexibility index (Phi) is 30.2. The van der Waals surface area contributed by atoms with Gasteiger partial charge in [0.2, 0.25) is 5.91 Å². The van der Waals surface area contributed by atoms with Gasteiger partial charge in [-0.1, -0.05) is 190 Å². The summed E-state index contributed by atoms with van der Waals surface area (Å²) < 4.78 is 57.0. The number of aryl methyl sites for hydroxylation is 3. The van der Waals surface area contributed by atoms with Crippen LogP contribution in [0.5, 0.6) is 0 Å². The van der Waals surface area contributed by atoms with E-state index in [4.69, 9.17) is 79.6 Å². The largest absolute Gasteiger partial charge is 0.481 e. The van der Waals surface area contributed by atoms with Crippen molar-refractivity contribution in [1.29, 1.82) is 0 Å². The summed E-state index contributed by atoms with van der Waals surface area (Å²) in [6, 6.07) is 33.2. The first kappa shape index (κ1) is 82.7. The molecular weight excluding hydrogens is 1430 g/mol. The van der Waals surface area contributed by atoms with Crippen molar-refractivity contribution >= 4 is 115 Å². The zero-order valence-electron chi connectivity index (χ0n) is 58.0. The second-order valence-electron chi connectivity index (χ2n) is 27.0. The van der Waals surface area contributed by atoms with Crippen LogP contribution in [0.1, 0.15) is 179 Å². The molecular formula is C77H87Cl4F4N9O10. The van der Waals surface area contributed by atoms with E-state index in [0.29, 0.717) is 76.2 Å². The van der Waals surface area contributed by atoms with E-state index in [0.717, 1.165) is 89.9 Å². The third-order valence-corrected chi connectivity index (χ3v) is 20.8. The summed E-state index contributed by atoms with van der Waals surface area (Å²) in [6.07, 6.45) is 16.1. The fourth-order valence-electron chi connectivity index (χ4n) is 13.4. The van der Waals surface area contributed by atoms with Crippen LogP contribution in [0.2, 0.25) is 20.1 Å². The number of carbonyl (C=O) groups is 8. The van der Waals surface area contributed by atoms with Crippen molar-refractivity contribution in [2.45, 2.75) is 186 Å². The van der Waals surface area contributed by atoms with Crippen LogP contribution >= 0.6 is 46.4 Å². The average molecular weight is 1520 g/mol. The number of hydrogen-bond acceptors (Lipinski definition) is 12. The number of carbonyl (C=O) groups excluding carboxylic acids is 6. The van der Waals surface area contributed by atoms with Gasteiger partial charge in [0.25, 0.3) is 11.8 Å². The van der Waals surface area contributed by atoms with E-state index in [9.17, 15) is 55.9 Å². The van der Waals surface area contributed by atoms with Crippen molar-refractivity contribution in [3.63, 3.8) is 0 Å². The van der Waals surface area contributed by atoms with E-state index < -0.39 is 52.3 Å². The number of nitrogens with zero attached hydrogens (tertiary/aromatic N) is 4. The minimum Gasteiger partial charge on any atom is -0.481 e. The SMILES string of the molecule is CC1(C(=O)CCc2cccc(Cl)c2F)CCCC1.CC1(C(=O)O)CCCC1.NC(=O)c1nn(CC(=O)NC2(C(=O)CCc3cccc(Cl)c3F)CCCC2)c2ccccc12.NC(=O)c1nn(CC(=O)O)c2ccccc12.NC1(C(=O)CCc2cccc(Cl)c2F)CCCC1.NCc1cccc(Cl)c1F. The normalized spacial score (nSPS) is 15.6. The van der Waals surface area contributed by atoms with Gasteiger partial charge in [0, 0.05) is 47.6 Å². The summed E-state index contributed by atoms with van der Waals surface area (Å²) in [6.45, 7) is 3.60. The molecule has 2 aromatic heterocycles. The smallest absolute Gasteiger partial charge is 0.325 e. The molecule has 104 heavy (non-hydrogen) atoms. The molecule has 4 aliphatic carbocycles. The molecule has 556 valence electrons. The Balaban J connectivity index is 0.000000185. The summed E-state index contributed by atoms with van der Waals surface area (Å²) in [5.74, 6) is -4.95. The van der Waals surface area contributed by atoms with E-state index >= 15 is 0 Å². The summed E-state index contributed by atoms with van der Waals surface area (Å²) in [5.41, 5.74) is 22.9. The highest BCUT2D eigenvalue weighted by Crippen LogP contribution is 2.40. The molecule has 0 spiro atoms. The molecule has 2 heterocycles. The van der Waals surface area contributed by atoms with E-state index in [1.807, 2.05) is 13.8 Å². The van der Waals surface area contributed by atoms with E-state index in [1.165, 1.54) is 33.6 Å². The maximum Gasteiger partial charge on any atom is 0.325 e. The number of nitrogens with two attached hydrogens (primary N) is 4. The lowest BCUT2D eigenvalue weighted by atomic mass is 9.81. The van der Waals surface area contributed by atoms with Crippen molar-refractivity contribution in [2.24, 2.45) is 33.8 Å². The number of carboxylic acids is 2. The van der Waals surface area contributed by atoms with E-state index in [1.54, 1.807) is 97.1 Å². The highest BCUT2D eigenvalue weighted by atomic mass is 35.5. The van der Waals surface area contributed by atoms with Crippen LogP contribution in [0.25, 0.3) is 21.8 Å². The van der Waals surface area contributed by atoms with Gasteiger partial charge in [-0.15, -0.1) is 0 Å². The van der Waals surface area contributed by atoms with Crippen molar-refractivity contribution in [3.05, 3.63) is 198 Å². The molecule has 12 rings (SSSR count). The van der Waals surface area contributed by atoms with Crippen LogP contribution in [0, 0.1) is 34.1 Å². The van der Waals surface area contributed by atoms with Crippen LogP contribution in [0.3, 0.4) is 0 Å². The van der Waals surface area contributed by atoms with Crippen LogP contribution in [-0.2, 0) is 67.7 Å². The minimum atomic E-state index is -1.02. The Morgan fingerprint density at radius 2 is 0.808 bits per heavy atom. The Morgan fingerprint density at radius 3 is 1.18 bits per heavy atom. The number of halogens is 8. The number of rotatable bonds is 21. The van der Waals surface area contributed by atoms with Gasteiger partial charge in [-0.3, -0.25) is 47.7 Å². The summed E-state index contributed by atoms with van der Waals surface area (Å²) >= 11 is 22.7. The summed E-state index contributed by atoms with van der Waals surface area (Å²) in [7, 11) is 0. The van der Waals surface area contributed by atoms with Gasteiger partial charge in [0.15, 0.2) is 23.0 Å². The van der Waals surface area contributed by atoms with Gasteiger partial charge in [0.05, 0.1) is 47.6 Å². The number of fused-ring (bicyclic) bond motifs is 2. The Morgan fingerprint density at radius 1 is 0.462 bits per heavy atom. The number of aromatic nitrogens is 4. The number of carboxylic acid groups (broad SMARTS) is 2. The first-order chi connectivity index (χ1) is 49.4. The second-order valence-corrected chi connectivity index (χ2v) is 28.7. The Labute approximate surface area is 620 Å². The molecule has 0 aliphatic heterocycles.